The van der Waals surface area contributed by atoms with Crippen LogP contribution in [0.5, 0.6) is 0 Å². The molecule has 2 atom stereocenters. The van der Waals surface area contributed by atoms with Crippen molar-refractivity contribution in [2.24, 2.45) is 4.99 Å². The first kappa shape index (κ1) is 36.3. The summed E-state index contributed by atoms with van der Waals surface area (Å²) in [6.07, 6.45) is 1.56. The number of likely N-dealkylation sites (N-methyl/N-ethyl adjacent to an activating group) is 1. The van der Waals surface area contributed by atoms with Crippen molar-refractivity contribution in [3.63, 3.8) is 0 Å². The number of fused-ring (bicyclic) bond motifs is 3. The molecule has 238 valence electrons. The fourth-order valence-corrected chi connectivity index (χ4v) is 6.80. The first-order chi connectivity index (χ1) is 21.3. The number of aromatic nitrogens is 3. The molecule has 8 nitrogen and oxygen atoms in total. The minimum Gasteiger partial charge on any atom is -0.349 e. The van der Waals surface area contributed by atoms with E-state index in [1.54, 1.807) is 23.3 Å². The Morgan fingerprint density at radius 2 is 1.84 bits per heavy atom. The molecule has 1 N–H and O–H groups in total. The van der Waals surface area contributed by atoms with Gasteiger partial charge in [0.1, 0.15) is 16.9 Å². The quantitative estimate of drug-likeness (QED) is 0.152. The lowest BCUT2D eigenvalue weighted by Crippen LogP contribution is -2.52. The number of amides is 2. The van der Waals surface area contributed by atoms with E-state index in [-0.39, 0.29) is 23.6 Å². The summed E-state index contributed by atoms with van der Waals surface area (Å²) in [4.78, 5) is 34.2. The minimum absolute atomic E-state index is 0.0340. The van der Waals surface area contributed by atoms with Gasteiger partial charge in [0.15, 0.2) is 13.7 Å². The third-order valence-corrected chi connectivity index (χ3v) is 9.13. The number of nitrogens with zero attached hydrogens (tertiary/aromatic N) is 5. The number of hydrogen-bond acceptors (Lipinski definition) is 6. The molecule has 0 saturated carbocycles. The summed E-state index contributed by atoms with van der Waals surface area (Å²) in [6, 6.07) is 6.99. The molecule has 0 spiro atoms. The van der Waals surface area contributed by atoms with E-state index in [1.165, 1.54) is 4.88 Å². The molecular formula is C33H41BCl2N6O2S. The molecule has 0 fully saturated rings. The van der Waals surface area contributed by atoms with Gasteiger partial charge in [0, 0.05) is 41.0 Å². The van der Waals surface area contributed by atoms with E-state index in [2.05, 4.69) is 41.1 Å². The summed E-state index contributed by atoms with van der Waals surface area (Å²) >= 11 is 13.9. The normalized spacial score (nSPS) is 14.4. The molecule has 2 amide bonds. The average Bonchev–Trinajstić information content (AvgIpc) is 3.46. The largest absolute Gasteiger partial charge is 0.349 e. The lowest BCUT2D eigenvalue weighted by Gasteiger charge is -2.32. The monoisotopic (exact) mass is 666 g/mol. The van der Waals surface area contributed by atoms with E-state index in [4.69, 9.17) is 36.0 Å². The number of hydrogen-bond donors (Lipinski definition) is 1. The lowest BCUT2D eigenvalue weighted by molar-refractivity contribution is -0.132. The number of alkyl halides is 1. The molecule has 2 aromatic heterocycles. The smallest absolute Gasteiger partial charge is 0.223 e. The highest BCUT2D eigenvalue weighted by atomic mass is 35.5. The second-order valence-corrected chi connectivity index (χ2v) is 13.6. The standard InChI is InChI=1S/C31H35BCl2N6O2S.C2H6/c1-18-19(2)43-30-27(18)28(21-10-12-23(34)13-11-21)35-24(29-38-37-20(3)40(29)30)16-25(41)36-31(4,5)17-39(6)26(42)9-7-8-22(33)14-15-32;1-2/h10-13,22,24H,7-9,16-17H2,1-6H3,(H,36,41);1-2H3. The van der Waals surface area contributed by atoms with E-state index in [0.717, 1.165) is 33.2 Å². The Morgan fingerprint density at radius 1 is 1.18 bits per heavy atom. The molecule has 4 rings (SSSR count). The summed E-state index contributed by atoms with van der Waals surface area (Å²) in [5.74, 6) is 6.08. The predicted molar refractivity (Wildman–Crippen MR) is 186 cm³/mol. The molecule has 3 aromatic rings. The highest BCUT2D eigenvalue weighted by molar-refractivity contribution is 7.15. The molecule has 3 heterocycles. The van der Waals surface area contributed by atoms with Crippen LogP contribution in [0.25, 0.3) is 5.00 Å². The van der Waals surface area contributed by atoms with Crippen LogP contribution in [0.2, 0.25) is 5.02 Å². The predicted octanol–water partition coefficient (Wildman–Crippen LogP) is 6.48. The summed E-state index contributed by atoms with van der Waals surface area (Å²) in [7, 11) is 6.93. The van der Waals surface area contributed by atoms with Gasteiger partial charge in [0.05, 0.1) is 23.0 Å². The van der Waals surface area contributed by atoms with Crippen LogP contribution in [-0.2, 0) is 9.59 Å². The second kappa shape index (κ2) is 15.9. The van der Waals surface area contributed by atoms with E-state index < -0.39 is 11.6 Å². The Kier molecular flexibility index (Phi) is 12.9. The van der Waals surface area contributed by atoms with E-state index in [0.29, 0.717) is 36.7 Å². The first-order valence-corrected chi connectivity index (χ1v) is 16.7. The fraction of sp³-hybridized carbons (Fsp3) is 0.485. The third-order valence-electron chi connectivity index (χ3n) is 7.36. The van der Waals surface area contributed by atoms with Gasteiger partial charge in [-0.3, -0.25) is 19.1 Å². The van der Waals surface area contributed by atoms with Crippen molar-refractivity contribution in [3.8, 4) is 16.7 Å². The Morgan fingerprint density at radius 3 is 2.49 bits per heavy atom. The molecule has 45 heavy (non-hydrogen) atoms. The molecule has 1 aromatic carbocycles. The topological polar surface area (TPSA) is 92.5 Å². The average molecular weight is 668 g/mol. The maximum Gasteiger partial charge on any atom is 0.223 e. The molecule has 12 heteroatoms. The molecular weight excluding hydrogens is 626 g/mol. The van der Waals surface area contributed by atoms with E-state index in [9.17, 15) is 9.59 Å². The Balaban J connectivity index is 0.00000271. The zero-order chi connectivity index (χ0) is 33.5. The number of nitrogens with one attached hydrogen (secondary N) is 1. The number of carbonyl (C=O) groups is 2. The van der Waals surface area contributed by atoms with Crippen LogP contribution in [0, 0.1) is 32.5 Å². The van der Waals surface area contributed by atoms with Crippen LogP contribution in [0.15, 0.2) is 29.3 Å². The highest BCUT2D eigenvalue weighted by Gasteiger charge is 2.33. The van der Waals surface area contributed by atoms with Crippen LogP contribution in [-0.4, -0.2) is 69.5 Å². The maximum absolute atomic E-state index is 13.5. The van der Waals surface area contributed by atoms with Gasteiger partial charge < -0.3 is 10.2 Å². The molecule has 2 radical (unpaired) electrons. The third kappa shape index (κ3) is 8.99. The summed E-state index contributed by atoms with van der Waals surface area (Å²) in [6.45, 7) is 14.2. The Hall–Kier alpha value is -3.13. The van der Waals surface area contributed by atoms with Gasteiger partial charge in [-0.15, -0.1) is 33.1 Å². The van der Waals surface area contributed by atoms with Gasteiger partial charge in [-0.2, -0.15) is 5.82 Å². The van der Waals surface area contributed by atoms with Crippen molar-refractivity contribution in [1.29, 1.82) is 0 Å². The summed E-state index contributed by atoms with van der Waals surface area (Å²) < 4.78 is 2.02. The van der Waals surface area contributed by atoms with Gasteiger partial charge in [-0.05, 0) is 65.2 Å². The number of aryl methyl sites for hydroxylation is 2. The number of carbonyl (C=O) groups excluding carboxylic acids is 2. The van der Waals surface area contributed by atoms with Crippen LogP contribution in [0.3, 0.4) is 0 Å². The fourth-order valence-electron chi connectivity index (χ4n) is 5.24. The van der Waals surface area contributed by atoms with Crippen molar-refractivity contribution in [1.82, 2.24) is 25.0 Å². The van der Waals surface area contributed by atoms with Crippen LogP contribution < -0.4 is 5.32 Å². The maximum atomic E-state index is 13.5. The van der Waals surface area contributed by atoms with Crippen LogP contribution in [0.4, 0.5) is 0 Å². The van der Waals surface area contributed by atoms with Gasteiger partial charge in [0.25, 0.3) is 0 Å². The molecule has 0 aliphatic carbocycles. The zero-order valence-electron chi connectivity index (χ0n) is 27.3. The van der Waals surface area contributed by atoms with Gasteiger partial charge >= 0.3 is 0 Å². The van der Waals surface area contributed by atoms with Gasteiger partial charge in [-0.25, -0.2) is 0 Å². The van der Waals surface area contributed by atoms with Crippen molar-refractivity contribution in [2.75, 3.05) is 13.6 Å². The summed E-state index contributed by atoms with van der Waals surface area (Å²) in [5, 5.41) is 13.2. The van der Waals surface area contributed by atoms with Crippen LogP contribution >= 0.6 is 34.5 Å². The molecule has 0 saturated heterocycles. The van der Waals surface area contributed by atoms with Crippen LogP contribution in [0.1, 0.15) is 92.6 Å². The van der Waals surface area contributed by atoms with Crippen molar-refractivity contribution < 1.29 is 9.59 Å². The number of thiophene rings is 1. The van der Waals surface area contributed by atoms with E-state index in [1.807, 2.05) is 63.5 Å². The lowest BCUT2D eigenvalue weighted by atomic mass is 9.99. The summed E-state index contributed by atoms with van der Waals surface area (Å²) in [5.41, 5.74) is 3.14. The van der Waals surface area contributed by atoms with Gasteiger partial charge in [-0.1, -0.05) is 43.5 Å². The van der Waals surface area contributed by atoms with Crippen molar-refractivity contribution in [3.05, 3.63) is 62.5 Å². The van der Waals surface area contributed by atoms with Crippen molar-refractivity contribution >= 4 is 59.9 Å². The number of rotatable bonds is 10. The Bertz CT molecular complexity index is 1600. The SMILES string of the molecule is CC.[B]C#CC(Cl)CCCC(=O)N(C)CC(C)(C)NC(=O)CC1N=C(c2ccc(Cl)cc2)c2c(sc(C)c2C)-n2c(C)nnc21. The second-order valence-electron chi connectivity index (χ2n) is 11.4. The number of aliphatic imine (C=N–C) groups is 1. The van der Waals surface area contributed by atoms with E-state index >= 15 is 0 Å². The number of halogens is 2. The number of benzene rings is 1. The first-order valence-electron chi connectivity index (χ1n) is 15.1. The van der Waals surface area contributed by atoms with Crippen molar-refractivity contribution in [2.45, 2.75) is 91.1 Å². The molecule has 1 aliphatic heterocycles. The molecule has 1 aliphatic rings. The van der Waals surface area contributed by atoms with Gasteiger partial charge in [0.2, 0.25) is 11.8 Å². The Labute approximate surface area is 282 Å². The minimum atomic E-state index is -0.690. The molecule has 0 bridgehead atoms. The molecule has 2 unspecified atom stereocenters. The zero-order valence-corrected chi connectivity index (χ0v) is 29.6. The highest BCUT2D eigenvalue weighted by Crippen LogP contribution is 2.39.